The van der Waals surface area contributed by atoms with E-state index >= 15 is 4.39 Å². The Bertz CT molecular complexity index is 1160. The highest BCUT2D eigenvalue weighted by atomic mass is 19.1. The number of aromatic carboxylic acids is 3. The third-order valence-electron chi connectivity index (χ3n) is 5.42. The maximum absolute atomic E-state index is 15.3. The summed E-state index contributed by atoms with van der Waals surface area (Å²) in [5.74, 6) is -6.30. The van der Waals surface area contributed by atoms with Gasteiger partial charge in [0.2, 0.25) is 5.43 Å². The number of fused-ring (bicyclic) bond motifs is 1. The summed E-state index contributed by atoms with van der Waals surface area (Å²) >= 11 is 0. The maximum atomic E-state index is 15.3. The van der Waals surface area contributed by atoms with Crippen LogP contribution in [0.4, 0.5) is 10.1 Å². The summed E-state index contributed by atoms with van der Waals surface area (Å²) in [5.41, 5.74) is -4.21. The van der Waals surface area contributed by atoms with Gasteiger partial charge in [-0.15, -0.1) is 0 Å². The second-order valence-electron chi connectivity index (χ2n) is 7.29. The Kier molecular flexibility index (Phi) is 4.69. The van der Waals surface area contributed by atoms with E-state index in [1.165, 1.54) is 10.6 Å². The molecule has 0 radical (unpaired) electrons. The molecule has 0 spiro atoms. The first-order valence-electron chi connectivity index (χ1n) is 9.34. The molecule has 158 valence electrons. The average Bonchev–Trinajstić information content (AvgIpc) is 3.52. The van der Waals surface area contributed by atoms with Gasteiger partial charge in [0.25, 0.3) is 0 Å². The van der Waals surface area contributed by atoms with Crippen LogP contribution in [0.2, 0.25) is 0 Å². The molecule has 30 heavy (non-hydrogen) atoms. The summed E-state index contributed by atoms with van der Waals surface area (Å²) in [6.45, 7) is 1.84. The van der Waals surface area contributed by atoms with E-state index in [-0.39, 0.29) is 11.2 Å². The highest BCUT2D eigenvalue weighted by Crippen LogP contribution is 2.41. The topological polar surface area (TPSA) is 149 Å². The van der Waals surface area contributed by atoms with Gasteiger partial charge in [-0.3, -0.25) is 4.79 Å². The molecule has 11 heteroatoms. The van der Waals surface area contributed by atoms with Crippen LogP contribution in [0.5, 0.6) is 0 Å². The van der Waals surface area contributed by atoms with Crippen LogP contribution >= 0.6 is 0 Å². The lowest BCUT2D eigenvalue weighted by Gasteiger charge is -2.30. The molecule has 2 aliphatic rings. The van der Waals surface area contributed by atoms with Crippen LogP contribution in [0.15, 0.2) is 10.9 Å². The number of carboxylic acid groups (broad SMARTS) is 3. The normalized spacial score (nSPS) is 16.6. The average molecular weight is 419 g/mol. The van der Waals surface area contributed by atoms with E-state index in [4.69, 9.17) is 0 Å². The van der Waals surface area contributed by atoms with Crippen LogP contribution < -0.4 is 15.6 Å². The van der Waals surface area contributed by atoms with Gasteiger partial charge in [0, 0.05) is 32.2 Å². The molecule has 10 nitrogen and oxygen atoms in total. The fraction of sp³-hybridized carbons (Fsp3) is 0.368. The maximum Gasteiger partial charge on any atom is 0.353 e. The van der Waals surface area contributed by atoms with E-state index in [1.807, 2.05) is 0 Å². The molecule has 2 aromatic rings. The first kappa shape index (κ1) is 19.8. The van der Waals surface area contributed by atoms with Crippen LogP contribution in [-0.2, 0) is 0 Å². The lowest BCUT2D eigenvalue weighted by molar-refractivity contribution is 0.0640. The number of carboxylic acids is 3. The largest absolute Gasteiger partial charge is 0.478 e. The zero-order valence-electron chi connectivity index (χ0n) is 15.6. The van der Waals surface area contributed by atoms with Crippen molar-refractivity contribution in [2.75, 3.05) is 31.1 Å². The van der Waals surface area contributed by atoms with Gasteiger partial charge in [0.05, 0.1) is 16.6 Å². The van der Waals surface area contributed by atoms with Crippen molar-refractivity contribution in [2.24, 2.45) is 0 Å². The van der Waals surface area contributed by atoms with Gasteiger partial charge >= 0.3 is 17.9 Å². The van der Waals surface area contributed by atoms with Crippen molar-refractivity contribution in [3.8, 4) is 0 Å². The molecular weight excluding hydrogens is 401 g/mol. The monoisotopic (exact) mass is 419 g/mol. The van der Waals surface area contributed by atoms with Crippen molar-refractivity contribution in [1.82, 2.24) is 9.88 Å². The number of hydrogen-bond donors (Lipinski definition) is 4. The number of rotatable bonds is 5. The lowest BCUT2D eigenvalue weighted by Crippen LogP contribution is -2.44. The molecule has 1 saturated heterocycles. The quantitative estimate of drug-likeness (QED) is 0.556. The minimum Gasteiger partial charge on any atom is -0.478 e. The number of halogens is 1. The van der Waals surface area contributed by atoms with Crippen molar-refractivity contribution < 1.29 is 34.1 Å². The predicted octanol–water partition coefficient (Wildman–Crippen LogP) is 0.980. The standard InChI is InChI=1S/C19H18FN3O7/c20-14-10(22-5-3-21-4-6-22)7-9-11(12(14)17(25)26)16(24)13(18(27)28)15(19(29)30)23(9)8-1-2-8/h7-8,21H,1-6H2,(H,25,26)(H,27,28)(H,29,30). The van der Waals surface area contributed by atoms with Crippen LogP contribution in [0.3, 0.4) is 0 Å². The van der Waals surface area contributed by atoms with Gasteiger partial charge < -0.3 is 30.1 Å². The van der Waals surface area contributed by atoms with Crippen LogP contribution in [-0.4, -0.2) is 64.0 Å². The Morgan fingerprint density at radius 1 is 1.00 bits per heavy atom. The summed E-state index contributed by atoms with van der Waals surface area (Å²) in [6.07, 6.45) is 1.06. The van der Waals surface area contributed by atoms with Crippen molar-refractivity contribution in [3.05, 3.63) is 38.9 Å². The van der Waals surface area contributed by atoms with Gasteiger partial charge in [-0.25, -0.2) is 18.8 Å². The SMILES string of the molecule is O=C(O)c1c(C(=O)O)n(C2CC2)c2cc(N3CCNCC3)c(F)c(C(=O)O)c2c1=O. The molecule has 2 fully saturated rings. The molecule has 1 aliphatic heterocycles. The Balaban J connectivity index is 2.20. The third kappa shape index (κ3) is 2.98. The van der Waals surface area contributed by atoms with Gasteiger partial charge in [-0.05, 0) is 18.9 Å². The van der Waals surface area contributed by atoms with Gasteiger partial charge in [0.15, 0.2) is 5.82 Å². The first-order valence-corrected chi connectivity index (χ1v) is 9.34. The van der Waals surface area contributed by atoms with Gasteiger partial charge in [-0.2, -0.15) is 0 Å². The molecular formula is C19H18FN3O7. The summed E-state index contributed by atoms with van der Waals surface area (Å²) in [5, 5.41) is 31.3. The number of nitrogens with zero attached hydrogens (tertiary/aromatic N) is 2. The molecule has 2 heterocycles. The van der Waals surface area contributed by atoms with Gasteiger partial charge in [0.1, 0.15) is 16.8 Å². The van der Waals surface area contributed by atoms with E-state index in [1.54, 1.807) is 4.90 Å². The second-order valence-corrected chi connectivity index (χ2v) is 7.29. The van der Waals surface area contributed by atoms with E-state index in [0.29, 0.717) is 39.0 Å². The number of piperazine rings is 1. The number of carbonyl (C=O) groups is 3. The zero-order valence-corrected chi connectivity index (χ0v) is 15.6. The smallest absolute Gasteiger partial charge is 0.353 e. The van der Waals surface area contributed by atoms with Gasteiger partial charge in [-0.1, -0.05) is 0 Å². The summed E-state index contributed by atoms with van der Waals surface area (Å²) < 4.78 is 16.5. The lowest BCUT2D eigenvalue weighted by atomic mass is 10.00. The molecule has 1 aromatic heterocycles. The predicted molar refractivity (Wildman–Crippen MR) is 102 cm³/mol. The molecule has 4 N–H and O–H groups in total. The molecule has 0 unspecified atom stereocenters. The number of anilines is 1. The number of pyridine rings is 1. The Labute approximate surface area is 168 Å². The molecule has 0 amide bonds. The Morgan fingerprint density at radius 3 is 2.10 bits per heavy atom. The number of hydrogen-bond acceptors (Lipinski definition) is 6. The fourth-order valence-electron chi connectivity index (χ4n) is 3.98. The minimum atomic E-state index is -1.81. The summed E-state index contributed by atoms with van der Waals surface area (Å²) in [7, 11) is 0. The number of aromatic nitrogens is 1. The molecule has 1 aromatic carbocycles. The van der Waals surface area contributed by atoms with Crippen molar-refractivity contribution >= 4 is 34.5 Å². The highest BCUT2D eigenvalue weighted by Gasteiger charge is 2.37. The molecule has 4 rings (SSSR count). The van der Waals surface area contributed by atoms with E-state index < -0.39 is 57.4 Å². The Hall–Kier alpha value is -3.47. The first-order chi connectivity index (χ1) is 14.2. The fourth-order valence-corrected chi connectivity index (χ4v) is 3.98. The molecule has 0 atom stereocenters. The summed E-state index contributed by atoms with van der Waals surface area (Å²) in [4.78, 5) is 50.1. The minimum absolute atomic E-state index is 0.0605. The summed E-state index contributed by atoms with van der Waals surface area (Å²) in [6, 6.07) is 0.848. The molecule has 1 aliphatic carbocycles. The van der Waals surface area contributed by atoms with Crippen molar-refractivity contribution in [3.63, 3.8) is 0 Å². The van der Waals surface area contributed by atoms with Crippen LogP contribution in [0.25, 0.3) is 10.9 Å². The van der Waals surface area contributed by atoms with Crippen molar-refractivity contribution in [2.45, 2.75) is 18.9 Å². The van der Waals surface area contributed by atoms with Crippen molar-refractivity contribution in [1.29, 1.82) is 0 Å². The number of nitrogens with one attached hydrogen (secondary N) is 1. The van der Waals surface area contributed by atoms with Crippen LogP contribution in [0.1, 0.15) is 50.1 Å². The van der Waals surface area contributed by atoms with Crippen LogP contribution in [0, 0.1) is 5.82 Å². The molecule has 0 bridgehead atoms. The van der Waals surface area contributed by atoms with E-state index in [9.17, 15) is 34.5 Å². The Morgan fingerprint density at radius 2 is 1.60 bits per heavy atom. The number of benzene rings is 1. The van der Waals surface area contributed by atoms with E-state index in [0.717, 1.165) is 0 Å². The molecule has 1 saturated carbocycles. The van der Waals surface area contributed by atoms with E-state index in [2.05, 4.69) is 5.32 Å². The zero-order chi connectivity index (χ0) is 21.7. The third-order valence-corrected chi connectivity index (χ3v) is 5.42. The second kappa shape index (κ2) is 7.10. The highest BCUT2D eigenvalue weighted by molar-refractivity contribution is 6.10.